The van der Waals surface area contributed by atoms with Gasteiger partial charge in [-0.25, -0.2) is 0 Å². The second-order valence-electron chi connectivity index (χ2n) is 7.70. The molecule has 1 amide bonds. The normalized spacial score (nSPS) is 15.5. The molecule has 2 aromatic heterocycles. The van der Waals surface area contributed by atoms with Gasteiger partial charge in [-0.05, 0) is 49.4 Å². The van der Waals surface area contributed by atoms with Crippen LogP contribution in [-0.2, 0) is 17.4 Å². The number of aryl methyl sites for hydroxylation is 2. The van der Waals surface area contributed by atoms with Crippen LogP contribution in [0.4, 0.5) is 24.7 Å². The molecule has 0 spiro atoms. The van der Waals surface area contributed by atoms with Crippen LogP contribution >= 0.6 is 0 Å². The predicted octanol–water partition coefficient (Wildman–Crippen LogP) is 3.87. The Balaban J connectivity index is 1.45. The van der Waals surface area contributed by atoms with Gasteiger partial charge in [-0.1, -0.05) is 25.1 Å². The number of hydrogen-bond donors (Lipinski definition) is 1. The summed E-state index contributed by atoms with van der Waals surface area (Å²) in [6.07, 6.45) is -2.63. The number of halogens is 3. The number of para-hydroxylation sites is 1. The van der Waals surface area contributed by atoms with E-state index in [1.807, 2.05) is 36.9 Å². The van der Waals surface area contributed by atoms with Crippen molar-refractivity contribution >= 4 is 23.1 Å². The van der Waals surface area contributed by atoms with Crippen LogP contribution in [0.1, 0.15) is 36.7 Å². The number of nitrogens with one attached hydrogen (secondary N) is 1. The minimum atomic E-state index is -4.64. The number of anilines is 2. The van der Waals surface area contributed by atoms with Crippen LogP contribution < -0.4 is 10.2 Å². The van der Waals surface area contributed by atoms with Crippen LogP contribution in [0.3, 0.4) is 0 Å². The lowest BCUT2D eigenvalue weighted by Gasteiger charge is -2.32. The van der Waals surface area contributed by atoms with E-state index in [0.717, 1.165) is 27.8 Å². The maximum Gasteiger partial charge on any atom is 0.453 e. The van der Waals surface area contributed by atoms with Gasteiger partial charge in [0.1, 0.15) is 5.82 Å². The van der Waals surface area contributed by atoms with Crippen LogP contribution in [0.5, 0.6) is 0 Å². The fourth-order valence-electron chi connectivity index (χ4n) is 3.92. The molecular weight excluding hydrogens is 409 g/mol. The SMILES string of the molecule is CCc1cccc(C)c1NC(=O)C1CCN(c2ccc3nnc(C(F)(F)F)n3n2)CC1. The number of nitrogens with zero attached hydrogens (tertiary/aromatic N) is 5. The molecule has 1 N–H and O–H groups in total. The van der Waals surface area contributed by atoms with Gasteiger partial charge in [0.05, 0.1) is 0 Å². The third-order valence-electron chi connectivity index (χ3n) is 5.68. The summed E-state index contributed by atoms with van der Waals surface area (Å²) in [7, 11) is 0. The van der Waals surface area contributed by atoms with Crippen molar-refractivity contribution < 1.29 is 18.0 Å². The lowest BCUT2D eigenvalue weighted by Crippen LogP contribution is -2.39. The van der Waals surface area contributed by atoms with Gasteiger partial charge >= 0.3 is 6.18 Å². The van der Waals surface area contributed by atoms with E-state index in [1.54, 1.807) is 6.07 Å². The van der Waals surface area contributed by atoms with Gasteiger partial charge in [0.15, 0.2) is 5.65 Å². The van der Waals surface area contributed by atoms with Gasteiger partial charge in [-0.2, -0.15) is 17.7 Å². The van der Waals surface area contributed by atoms with E-state index in [0.29, 0.717) is 31.7 Å². The van der Waals surface area contributed by atoms with Crippen molar-refractivity contribution in [1.29, 1.82) is 0 Å². The number of carbonyl (C=O) groups excluding carboxylic acids is 1. The summed E-state index contributed by atoms with van der Waals surface area (Å²) in [4.78, 5) is 14.7. The molecular formula is C21H23F3N6O. The quantitative estimate of drug-likeness (QED) is 0.678. The predicted molar refractivity (Wildman–Crippen MR) is 110 cm³/mol. The Morgan fingerprint density at radius 3 is 2.58 bits per heavy atom. The molecule has 10 heteroatoms. The van der Waals surface area contributed by atoms with Gasteiger partial charge < -0.3 is 10.2 Å². The summed E-state index contributed by atoms with van der Waals surface area (Å²) in [6, 6.07) is 9.05. The standard InChI is InChI=1S/C21H23F3N6O/c1-3-14-6-4-5-13(2)18(14)25-19(31)15-9-11-29(12-10-15)17-8-7-16-26-27-20(21(22,23)24)30(16)28-17/h4-8,15H,3,9-12H2,1-2H3,(H,25,31). The average Bonchev–Trinajstić information content (AvgIpc) is 3.19. The number of amides is 1. The number of fused-ring (bicyclic) bond motifs is 1. The van der Waals surface area contributed by atoms with Gasteiger partial charge in [-0.3, -0.25) is 4.79 Å². The molecule has 1 fully saturated rings. The minimum absolute atomic E-state index is 0.0229. The number of aromatic nitrogens is 4. The fraction of sp³-hybridized carbons (Fsp3) is 0.429. The monoisotopic (exact) mass is 432 g/mol. The van der Waals surface area contributed by atoms with Crippen LogP contribution in [-0.4, -0.2) is 38.8 Å². The summed E-state index contributed by atoms with van der Waals surface area (Å²) >= 11 is 0. The van der Waals surface area contributed by atoms with Crippen LogP contribution in [0.15, 0.2) is 30.3 Å². The van der Waals surface area contributed by atoms with Crippen molar-refractivity contribution in [3.63, 3.8) is 0 Å². The first-order valence-electron chi connectivity index (χ1n) is 10.2. The zero-order valence-corrected chi connectivity index (χ0v) is 17.3. The average molecular weight is 432 g/mol. The van der Waals surface area contributed by atoms with Crippen LogP contribution in [0, 0.1) is 12.8 Å². The number of piperidine rings is 1. The summed E-state index contributed by atoms with van der Waals surface area (Å²) in [5.74, 6) is -0.928. The van der Waals surface area contributed by atoms with E-state index in [-0.39, 0.29) is 17.5 Å². The van der Waals surface area contributed by atoms with E-state index >= 15 is 0 Å². The highest BCUT2D eigenvalue weighted by atomic mass is 19.4. The number of alkyl halides is 3. The zero-order valence-electron chi connectivity index (χ0n) is 17.3. The lowest BCUT2D eigenvalue weighted by molar-refractivity contribution is -0.146. The first-order chi connectivity index (χ1) is 14.8. The number of hydrogen-bond acceptors (Lipinski definition) is 5. The maximum absolute atomic E-state index is 13.1. The molecule has 1 aliphatic heterocycles. The highest BCUT2D eigenvalue weighted by Gasteiger charge is 2.38. The van der Waals surface area contributed by atoms with E-state index < -0.39 is 12.0 Å². The van der Waals surface area contributed by atoms with E-state index in [1.165, 1.54) is 6.07 Å². The minimum Gasteiger partial charge on any atom is -0.355 e. The molecule has 1 aliphatic rings. The van der Waals surface area contributed by atoms with E-state index in [4.69, 9.17) is 0 Å². The van der Waals surface area contributed by atoms with E-state index in [2.05, 4.69) is 20.6 Å². The molecule has 0 radical (unpaired) electrons. The number of carbonyl (C=O) groups is 1. The van der Waals surface area contributed by atoms with Gasteiger partial charge in [-0.15, -0.1) is 15.3 Å². The molecule has 0 bridgehead atoms. The molecule has 1 aromatic carbocycles. The summed E-state index contributed by atoms with van der Waals surface area (Å²) in [5, 5.41) is 13.9. The lowest BCUT2D eigenvalue weighted by atomic mass is 9.95. The van der Waals surface area contributed by atoms with Crippen molar-refractivity contribution in [2.45, 2.75) is 39.3 Å². The highest BCUT2D eigenvalue weighted by Crippen LogP contribution is 2.29. The van der Waals surface area contributed by atoms with Crippen molar-refractivity contribution in [3.05, 3.63) is 47.3 Å². The molecule has 3 aromatic rings. The Hall–Kier alpha value is -3.17. The Kier molecular flexibility index (Phi) is 5.55. The summed E-state index contributed by atoms with van der Waals surface area (Å²) < 4.78 is 40.0. The first-order valence-corrected chi connectivity index (χ1v) is 10.2. The molecule has 164 valence electrons. The van der Waals surface area contributed by atoms with Crippen molar-refractivity contribution in [2.24, 2.45) is 5.92 Å². The Labute approximate surface area is 177 Å². The molecule has 31 heavy (non-hydrogen) atoms. The third-order valence-corrected chi connectivity index (χ3v) is 5.68. The van der Waals surface area contributed by atoms with Crippen LogP contribution in [0.25, 0.3) is 5.65 Å². The molecule has 7 nitrogen and oxygen atoms in total. The van der Waals surface area contributed by atoms with Crippen LogP contribution in [0.2, 0.25) is 0 Å². The Bertz CT molecular complexity index is 1100. The second kappa shape index (κ2) is 8.16. The van der Waals surface area contributed by atoms with Crippen molar-refractivity contribution in [3.8, 4) is 0 Å². The summed E-state index contributed by atoms with van der Waals surface area (Å²) in [5.41, 5.74) is 3.03. The third kappa shape index (κ3) is 4.19. The maximum atomic E-state index is 13.1. The molecule has 4 rings (SSSR count). The van der Waals surface area contributed by atoms with Gasteiger partial charge in [0.2, 0.25) is 5.91 Å². The van der Waals surface area contributed by atoms with Crippen molar-refractivity contribution in [2.75, 3.05) is 23.3 Å². The van der Waals surface area contributed by atoms with E-state index in [9.17, 15) is 18.0 Å². The largest absolute Gasteiger partial charge is 0.453 e. The Morgan fingerprint density at radius 2 is 1.90 bits per heavy atom. The van der Waals surface area contributed by atoms with Gasteiger partial charge in [0.25, 0.3) is 5.82 Å². The fourth-order valence-corrected chi connectivity index (χ4v) is 3.92. The number of rotatable bonds is 4. The number of benzene rings is 1. The zero-order chi connectivity index (χ0) is 22.2. The highest BCUT2D eigenvalue weighted by molar-refractivity contribution is 5.94. The molecule has 1 saturated heterocycles. The smallest absolute Gasteiger partial charge is 0.355 e. The molecule has 0 aliphatic carbocycles. The first kappa shape index (κ1) is 21.1. The molecule has 0 unspecified atom stereocenters. The molecule has 0 atom stereocenters. The topological polar surface area (TPSA) is 75.4 Å². The second-order valence-corrected chi connectivity index (χ2v) is 7.70. The van der Waals surface area contributed by atoms with Gasteiger partial charge in [0, 0.05) is 24.7 Å². The summed E-state index contributed by atoms with van der Waals surface area (Å²) in [6.45, 7) is 5.06. The Morgan fingerprint density at radius 1 is 1.16 bits per heavy atom. The van der Waals surface area contributed by atoms with Crippen molar-refractivity contribution in [1.82, 2.24) is 19.8 Å². The molecule has 0 saturated carbocycles. The molecule has 3 heterocycles.